The van der Waals surface area contributed by atoms with E-state index in [1.807, 2.05) is 19.1 Å². The molecular formula is C22H35NO2. The second-order valence-corrected chi connectivity index (χ2v) is 7.51. The van der Waals surface area contributed by atoms with Crippen molar-refractivity contribution in [2.75, 3.05) is 6.61 Å². The normalized spacial score (nSPS) is 18.0. The van der Waals surface area contributed by atoms with Crippen LogP contribution in [-0.4, -0.2) is 18.6 Å². The predicted octanol–water partition coefficient (Wildman–Crippen LogP) is 5.47. The standard InChI is InChI=1S/C22H35NO2/c1-18-13-12-16-21(19(18)2)25-17-22(24)23-20-14-10-8-6-4-3-5-7-9-11-15-20/h12-13,16,20H,3-11,14-15,17H2,1-2H3,(H,23,24). The largest absolute Gasteiger partial charge is 0.483 e. The second kappa shape index (κ2) is 11.2. The van der Waals surface area contributed by atoms with Crippen LogP contribution in [0.15, 0.2) is 18.2 Å². The van der Waals surface area contributed by atoms with E-state index in [9.17, 15) is 4.79 Å². The van der Waals surface area contributed by atoms with Gasteiger partial charge in [0.05, 0.1) is 0 Å². The van der Waals surface area contributed by atoms with Gasteiger partial charge in [0, 0.05) is 6.04 Å². The third-order valence-electron chi connectivity index (χ3n) is 5.38. The summed E-state index contributed by atoms with van der Waals surface area (Å²) in [5, 5.41) is 3.21. The average Bonchev–Trinajstić information content (AvgIpc) is 2.58. The molecule has 0 bridgehead atoms. The molecule has 2 rings (SSSR count). The molecule has 0 aliphatic heterocycles. The summed E-state index contributed by atoms with van der Waals surface area (Å²) in [5.74, 6) is 0.826. The molecular weight excluding hydrogens is 310 g/mol. The van der Waals surface area contributed by atoms with Crippen LogP contribution in [0.4, 0.5) is 0 Å². The van der Waals surface area contributed by atoms with Crippen LogP contribution in [0, 0.1) is 13.8 Å². The third kappa shape index (κ3) is 7.50. The first-order valence-corrected chi connectivity index (χ1v) is 10.1. The summed E-state index contributed by atoms with van der Waals surface area (Å²) in [7, 11) is 0. The number of hydrogen-bond donors (Lipinski definition) is 1. The van der Waals surface area contributed by atoms with Crippen molar-refractivity contribution in [1.29, 1.82) is 0 Å². The first kappa shape index (κ1) is 19.8. The van der Waals surface area contributed by atoms with E-state index in [0.717, 1.165) is 24.2 Å². The fraction of sp³-hybridized carbons (Fsp3) is 0.682. The number of hydrogen-bond acceptors (Lipinski definition) is 2. The lowest BCUT2D eigenvalue weighted by atomic mass is 9.98. The summed E-state index contributed by atoms with van der Waals surface area (Å²) in [5.41, 5.74) is 2.30. The number of benzene rings is 1. The second-order valence-electron chi connectivity index (χ2n) is 7.51. The smallest absolute Gasteiger partial charge is 0.258 e. The van der Waals surface area contributed by atoms with Crippen LogP contribution in [0.1, 0.15) is 81.8 Å². The summed E-state index contributed by atoms with van der Waals surface area (Å²) < 4.78 is 5.75. The van der Waals surface area contributed by atoms with Gasteiger partial charge in [-0.1, -0.05) is 69.9 Å². The predicted molar refractivity (Wildman–Crippen MR) is 104 cm³/mol. The van der Waals surface area contributed by atoms with Gasteiger partial charge >= 0.3 is 0 Å². The molecule has 1 aliphatic carbocycles. The highest BCUT2D eigenvalue weighted by Gasteiger charge is 2.13. The maximum Gasteiger partial charge on any atom is 0.258 e. The van der Waals surface area contributed by atoms with Gasteiger partial charge in [-0.25, -0.2) is 0 Å². The fourth-order valence-electron chi connectivity index (χ4n) is 3.60. The van der Waals surface area contributed by atoms with Gasteiger partial charge < -0.3 is 10.1 Å². The zero-order valence-electron chi connectivity index (χ0n) is 16.1. The first-order valence-electron chi connectivity index (χ1n) is 10.1. The zero-order valence-corrected chi connectivity index (χ0v) is 16.1. The van der Waals surface area contributed by atoms with Crippen molar-refractivity contribution in [2.24, 2.45) is 0 Å². The molecule has 140 valence electrons. The zero-order chi connectivity index (χ0) is 17.9. The van der Waals surface area contributed by atoms with Crippen LogP contribution in [0.2, 0.25) is 0 Å². The minimum absolute atomic E-state index is 0.0120. The lowest BCUT2D eigenvalue weighted by molar-refractivity contribution is -0.123. The van der Waals surface area contributed by atoms with Gasteiger partial charge in [0.1, 0.15) is 5.75 Å². The number of amides is 1. The molecule has 1 amide bonds. The van der Waals surface area contributed by atoms with Crippen molar-refractivity contribution in [1.82, 2.24) is 5.32 Å². The Hall–Kier alpha value is -1.51. The molecule has 0 spiro atoms. The van der Waals surface area contributed by atoms with Gasteiger partial charge in [0.2, 0.25) is 0 Å². The van der Waals surface area contributed by atoms with E-state index in [-0.39, 0.29) is 12.5 Å². The molecule has 1 aromatic carbocycles. The molecule has 0 saturated heterocycles. The van der Waals surface area contributed by atoms with Crippen molar-refractivity contribution in [3.8, 4) is 5.75 Å². The first-order chi connectivity index (χ1) is 12.2. The molecule has 0 unspecified atom stereocenters. The minimum Gasteiger partial charge on any atom is -0.483 e. The van der Waals surface area contributed by atoms with Crippen LogP contribution in [0.25, 0.3) is 0 Å². The molecule has 1 N–H and O–H groups in total. The topological polar surface area (TPSA) is 38.3 Å². The summed E-state index contributed by atoms with van der Waals surface area (Å²) >= 11 is 0. The van der Waals surface area contributed by atoms with Crippen molar-refractivity contribution >= 4 is 5.91 Å². The lowest BCUT2D eigenvalue weighted by Crippen LogP contribution is -2.38. The Morgan fingerprint density at radius 1 is 0.960 bits per heavy atom. The molecule has 1 saturated carbocycles. The van der Waals surface area contributed by atoms with E-state index in [1.54, 1.807) is 0 Å². The van der Waals surface area contributed by atoms with Crippen LogP contribution < -0.4 is 10.1 Å². The number of ether oxygens (including phenoxy) is 1. The highest BCUT2D eigenvalue weighted by Crippen LogP contribution is 2.20. The van der Waals surface area contributed by atoms with E-state index in [1.165, 1.54) is 63.4 Å². The van der Waals surface area contributed by atoms with Gasteiger partial charge in [0.15, 0.2) is 6.61 Å². The van der Waals surface area contributed by atoms with Gasteiger partial charge in [-0.15, -0.1) is 0 Å². The minimum atomic E-state index is 0.0120. The Labute approximate surface area is 153 Å². The quantitative estimate of drug-likeness (QED) is 0.785. The van der Waals surface area contributed by atoms with E-state index in [4.69, 9.17) is 4.74 Å². The highest BCUT2D eigenvalue weighted by atomic mass is 16.5. The van der Waals surface area contributed by atoms with Gasteiger partial charge in [-0.05, 0) is 43.9 Å². The van der Waals surface area contributed by atoms with Crippen LogP contribution in [0.3, 0.4) is 0 Å². The Morgan fingerprint density at radius 3 is 2.12 bits per heavy atom. The summed E-state index contributed by atoms with van der Waals surface area (Å²) in [6, 6.07) is 6.29. The van der Waals surface area contributed by atoms with Gasteiger partial charge in [-0.2, -0.15) is 0 Å². The molecule has 0 aromatic heterocycles. The Bertz CT molecular complexity index is 515. The maximum absolute atomic E-state index is 12.3. The van der Waals surface area contributed by atoms with Crippen LogP contribution in [-0.2, 0) is 4.79 Å². The molecule has 25 heavy (non-hydrogen) atoms. The molecule has 1 fully saturated rings. The van der Waals surface area contributed by atoms with Crippen molar-refractivity contribution in [3.63, 3.8) is 0 Å². The molecule has 0 atom stereocenters. The van der Waals surface area contributed by atoms with Gasteiger partial charge in [0.25, 0.3) is 5.91 Å². The SMILES string of the molecule is Cc1cccc(OCC(=O)NC2CCCCCCCCCCC2)c1C. The third-order valence-corrected chi connectivity index (χ3v) is 5.38. The van der Waals surface area contributed by atoms with E-state index < -0.39 is 0 Å². The van der Waals surface area contributed by atoms with E-state index >= 15 is 0 Å². The lowest BCUT2D eigenvalue weighted by Gasteiger charge is -2.20. The fourth-order valence-corrected chi connectivity index (χ4v) is 3.60. The number of carbonyl (C=O) groups is 1. The monoisotopic (exact) mass is 345 g/mol. The molecule has 3 heteroatoms. The van der Waals surface area contributed by atoms with Crippen LogP contribution in [0.5, 0.6) is 5.75 Å². The number of carbonyl (C=O) groups excluding carboxylic acids is 1. The van der Waals surface area contributed by atoms with Crippen molar-refractivity contribution in [2.45, 2.75) is 90.5 Å². The summed E-state index contributed by atoms with van der Waals surface area (Å²) in [6.07, 6.45) is 14.1. The maximum atomic E-state index is 12.3. The average molecular weight is 346 g/mol. The Kier molecular flexibility index (Phi) is 8.85. The summed E-state index contributed by atoms with van der Waals surface area (Å²) in [4.78, 5) is 12.3. The Balaban J connectivity index is 1.78. The van der Waals surface area contributed by atoms with Gasteiger partial charge in [-0.3, -0.25) is 4.79 Å². The van der Waals surface area contributed by atoms with Crippen molar-refractivity contribution in [3.05, 3.63) is 29.3 Å². The molecule has 1 aliphatic rings. The number of aryl methyl sites for hydroxylation is 1. The molecule has 3 nitrogen and oxygen atoms in total. The number of nitrogens with one attached hydrogen (secondary N) is 1. The van der Waals surface area contributed by atoms with Crippen molar-refractivity contribution < 1.29 is 9.53 Å². The number of rotatable bonds is 4. The molecule has 1 aromatic rings. The van der Waals surface area contributed by atoms with E-state index in [0.29, 0.717) is 6.04 Å². The van der Waals surface area contributed by atoms with Crippen LogP contribution >= 0.6 is 0 Å². The highest BCUT2D eigenvalue weighted by molar-refractivity contribution is 5.77. The van der Waals surface area contributed by atoms with E-state index in [2.05, 4.69) is 18.3 Å². The molecule has 0 heterocycles. The Morgan fingerprint density at radius 2 is 1.52 bits per heavy atom. The molecule has 0 radical (unpaired) electrons. The summed E-state index contributed by atoms with van der Waals surface area (Å²) in [6.45, 7) is 4.21.